The Hall–Kier alpha value is 0.180. The molecule has 7 heteroatoms. The molecular formula is C9H20N2O3S2. The Kier molecular flexibility index (Phi) is 6.06. The van der Waals surface area contributed by atoms with Gasteiger partial charge in [0.25, 0.3) is 10.2 Å². The van der Waals surface area contributed by atoms with E-state index in [9.17, 15) is 8.42 Å². The molecule has 1 heterocycles. The first-order chi connectivity index (χ1) is 7.59. The summed E-state index contributed by atoms with van der Waals surface area (Å²) in [5, 5.41) is 8.70. The van der Waals surface area contributed by atoms with Crippen LogP contribution in [0.25, 0.3) is 0 Å². The van der Waals surface area contributed by atoms with Gasteiger partial charge in [-0.05, 0) is 18.6 Å². The van der Waals surface area contributed by atoms with E-state index >= 15 is 0 Å². The lowest BCUT2D eigenvalue weighted by Gasteiger charge is -2.25. The molecule has 5 nitrogen and oxygen atoms in total. The molecule has 0 saturated carbocycles. The Morgan fingerprint density at radius 2 is 2.12 bits per heavy atom. The van der Waals surface area contributed by atoms with Crippen LogP contribution in [0.5, 0.6) is 0 Å². The maximum Gasteiger partial charge on any atom is 0.281 e. The molecule has 0 spiro atoms. The van der Waals surface area contributed by atoms with E-state index in [1.807, 2.05) is 0 Å². The van der Waals surface area contributed by atoms with Gasteiger partial charge in [-0.3, -0.25) is 0 Å². The summed E-state index contributed by atoms with van der Waals surface area (Å²) in [5.41, 5.74) is 0. The number of aliphatic hydroxyl groups is 1. The van der Waals surface area contributed by atoms with Crippen molar-refractivity contribution in [2.45, 2.75) is 12.8 Å². The fourth-order valence-corrected chi connectivity index (χ4v) is 4.00. The van der Waals surface area contributed by atoms with E-state index in [1.54, 1.807) is 23.1 Å². The van der Waals surface area contributed by atoms with Crippen LogP contribution in [-0.2, 0) is 10.2 Å². The minimum atomic E-state index is -3.32. The highest BCUT2D eigenvalue weighted by molar-refractivity contribution is 7.99. The summed E-state index contributed by atoms with van der Waals surface area (Å²) in [6.45, 7) is 1.60. The summed E-state index contributed by atoms with van der Waals surface area (Å²) in [7, 11) is -1.74. The second kappa shape index (κ2) is 6.80. The van der Waals surface area contributed by atoms with E-state index in [4.69, 9.17) is 5.11 Å². The molecule has 16 heavy (non-hydrogen) atoms. The van der Waals surface area contributed by atoms with E-state index < -0.39 is 10.2 Å². The van der Waals surface area contributed by atoms with Crippen molar-refractivity contribution in [3.8, 4) is 0 Å². The molecule has 0 aromatic carbocycles. The summed E-state index contributed by atoms with van der Waals surface area (Å²) < 4.78 is 27.1. The summed E-state index contributed by atoms with van der Waals surface area (Å²) in [6, 6.07) is 0. The Bertz CT molecular complexity index is 287. The molecule has 0 unspecified atom stereocenters. The molecule has 0 aliphatic carbocycles. The lowest BCUT2D eigenvalue weighted by molar-refractivity contribution is 0.271. The number of hydrogen-bond acceptors (Lipinski definition) is 4. The van der Waals surface area contributed by atoms with Gasteiger partial charge >= 0.3 is 0 Å². The van der Waals surface area contributed by atoms with Gasteiger partial charge in [-0.1, -0.05) is 0 Å². The van der Waals surface area contributed by atoms with Crippen LogP contribution in [0.15, 0.2) is 0 Å². The van der Waals surface area contributed by atoms with Gasteiger partial charge < -0.3 is 5.11 Å². The van der Waals surface area contributed by atoms with Crippen molar-refractivity contribution in [1.82, 2.24) is 8.61 Å². The fraction of sp³-hybridized carbons (Fsp3) is 1.00. The van der Waals surface area contributed by atoms with Crippen molar-refractivity contribution >= 4 is 22.0 Å². The molecule has 96 valence electrons. The first-order valence-corrected chi connectivity index (χ1v) is 8.04. The SMILES string of the molecule is CN(CCCO)S(=O)(=O)N1CCCSCC1. The highest BCUT2D eigenvalue weighted by Crippen LogP contribution is 2.15. The van der Waals surface area contributed by atoms with Crippen molar-refractivity contribution < 1.29 is 13.5 Å². The van der Waals surface area contributed by atoms with Gasteiger partial charge in [-0.15, -0.1) is 0 Å². The van der Waals surface area contributed by atoms with E-state index in [0.29, 0.717) is 26.1 Å². The van der Waals surface area contributed by atoms with E-state index in [0.717, 1.165) is 17.9 Å². The summed E-state index contributed by atoms with van der Waals surface area (Å²) in [5.74, 6) is 1.90. The molecule has 1 saturated heterocycles. The summed E-state index contributed by atoms with van der Waals surface area (Å²) in [6.07, 6.45) is 1.40. The summed E-state index contributed by atoms with van der Waals surface area (Å²) >= 11 is 1.80. The van der Waals surface area contributed by atoms with Gasteiger partial charge in [0.2, 0.25) is 0 Å². The van der Waals surface area contributed by atoms with Crippen molar-refractivity contribution in [3.63, 3.8) is 0 Å². The lowest BCUT2D eigenvalue weighted by atomic mass is 10.5. The zero-order valence-electron chi connectivity index (χ0n) is 9.63. The Morgan fingerprint density at radius 3 is 2.81 bits per heavy atom. The molecule has 1 N–H and O–H groups in total. The molecule has 1 aliphatic heterocycles. The highest BCUT2D eigenvalue weighted by Gasteiger charge is 2.26. The molecule has 1 aliphatic rings. The van der Waals surface area contributed by atoms with Crippen molar-refractivity contribution in [2.24, 2.45) is 0 Å². The minimum Gasteiger partial charge on any atom is -0.396 e. The monoisotopic (exact) mass is 268 g/mol. The molecule has 0 aromatic heterocycles. The Balaban J connectivity index is 2.59. The number of aliphatic hydroxyl groups excluding tert-OH is 1. The highest BCUT2D eigenvalue weighted by atomic mass is 32.2. The smallest absolute Gasteiger partial charge is 0.281 e. The third kappa shape index (κ3) is 3.89. The zero-order valence-corrected chi connectivity index (χ0v) is 11.3. The number of rotatable bonds is 5. The van der Waals surface area contributed by atoms with E-state index in [-0.39, 0.29) is 6.61 Å². The topological polar surface area (TPSA) is 60.9 Å². The fourth-order valence-electron chi connectivity index (χ4n) is 1.56. The maximum atomic E-state index is 12.1. The van der Waals surface area contributed by atoms with Crippen molar-refractivity contribution in [2.75, 3.05) is 44.8 Å². The third-order valence-electron chi connectivity index (χ3n) is 2.53. The number of hydrogen-bond donors (Lipinski definition) is 1. The second-order valence-electron chi connectivity index (χ2n) is 3.77. The lowest BCUT2D eigenvalue weighted by Crippen LogP contribution is -2.43. The van der Waals surface area contributed by atoms with Crippen molar-refractivity contribution in [1.29, 1.82) is 0 Å². The molecule has 0 aromatic rings. The van der Waals surface area contributed by atoms with Crippen LogP contribution in [0.2, 0.25) is 0 Å². The zero-order chi connectivity index (χ0) is 12.0. The molecule has 0 amide bonds. The Labute approximate surface area is 102 Å². The average molecular weight is 268 g/mol. The normalized spacial score (nSPS) is 19.9. The largest absolute Gasteiger partial charge is 0.396 e. The van der Waals surface area contributed by atoms with Gasteiger partial charge in [-0.25, -0.2) is 0 Å². The number of thioether (sulfide) groups is 1. The molecule has 1 rings (SSSR count). The molecular weight excluding hydrogens is 248 g/mol. The molecule has 0 bridgehead atoms. The first-order valence-electron chi connectivity index (χ1n) is 5.49. The van der Waals surface area contributed by atoms with Gasteiger partial charge in [0.05, 0.1) is 0 Å². The second-order valence-corrected chi connectivity index (χ2v) is 7.03. The average Bonchev–Trinajstić information content (AvgIpc) is 2.54. The third-order valence-corrected chi connectivity index (χ3v) is 5.57. The van der Waals surface area contributed by atoms with E-state index in [1.165, 1.54) is 4.31 Å². The van der Waals surface area contributed by atoms with Crippen LogP contribution in [-0.4, -0.2) is 66.9 Å². The Morgan fingerprint density at radius 1 is 1.38 bits per heavy atom. The van der Waals surface area contributed by atoms with Gasteiger partial charge in [0, 0.05) is 39.0 Å². The summed E-state index contributed by atoms with van der Waals surface area (Å²) in [4.78, 5) is 0. The predicted octanol–water partition coefficient (Wildman–Crippen LogP) is -0.0157. The quantitative estimate of drug-likeness (QED) is 0.761. The van der Waals surface area contributed by atoms with Crippen LogP contribution in [0.4, 0.5) is 0 Å². The predicted molar refractivity (Wildman–Crippen MR) is 66.8 cm³/mol. The van der Waals surface area contributed by atoms with Gasteiger partial charge in [-0.2, -0.15) is 28.8 Å². The number of nitrogens with zero attached hydrogens (tertiary/aromatic N) is 2. The maximum absolute atomic E-state index is 12.1. The molecule has 0 atom stereocenters. The van der Waals surface area contributed by atoms with Gasteiger partial charge in [0.15, 0.2) is 0 Å². The van der Waals surface area contributed by atoms with Crippen LogP contribution in [0, 0.1) is 0 Å². The van der Waals surface area contributed by atoms with Gasteiger partial charge in [0.1, 0.15) is 0 Å². The first kappa shape index (κ1) is 14.2. The van der Waals surface area contributed by atoms with Crippen molar-refractivity contribution in [3.05, 3.63) is 0 Å². The molecule has 0 radical (unpaired) electrons. The standard InChI is InChI=1S/C9H20N2O3S2/c1-10(4-2-7-12)16(13,14)11-5-3-8-15-9-6-11/h12H,2-9H2,1H3. The van der Waals surface area contributed by atoms with Crippen LogP contribution in [0.3, 0.4) is 0 Å². The minimum absolute atomic E-state index is 0.0235. The van der Waals surface area contributed by atoms with E-state index in [2.05, 4.69) is 0 Å². The van der Waals surface area contributed by atoms with Crippen LogP contribution >= 0.6 is 11.8 Å². The van der Waals surface area contributed by atoms with Crippen LogP contribution in [0.1, 0.15) is 12.8 Å². The molecule has 1 fully saturated rings. The van der Waals surface area contributed by atoms with Crippen LogP contribution < -0.4 is 0 Å².